The molecule has 9 rings (SSSR count). The van der Waals surface area contributed by atoms with Gasteiger partial charge in [0.1, 0.15) is 11.6 Å². The Morgan fingerprint density at radius 3 is 1.90 bits per heavy atom. The van der Waals surface area contributed by atoms with Crippen LogP contribution in [0.1, 0.15) is 40.3 Å². The smallest absolute Gasteiger partial charge is 0.254 e. The first-order valence-electron chi connectivity index (χ1n) is 19.8. The van der Waals surface area contributed by atoms with E-state index in [2.05, 4.69) is 59.0 Å². The van der Waals surface area contributed by atoms with E-state index in [0.717, 1.165) is 89.4 Å². The highest BCUT2D eigenvalue weighted by Crippen LogP contribution is 2.32. The van der Waals surface area contributed by atoms with E-state index in [0.29, 0.717) is 19.5 Å². The van der Waals surface area contributed by atoms with E-state index in [4.69, 9.17) is 0 Å². The number of sulfonamides is 1. The molecular formula is C45H44F2N8O3S2. The van der Waals surface area contributed by atoms with Gasteiger partial charge < -0.3 is 19.8 Å². The lowest BCUT2D eigenvalue weighted by atomic mass is 9.97. The number of halogens is 2. The van der Waals surface area contributed by atoms with Crippen LogP contribution >= 0.6 is 11.3 Å². The lowest BCUT2D eigenvalue weighted by Gasteiger charge is -2.28. The first kappa shape index (κ1) is 40.9. The average Bonchev–Trinajstić information content (AvgIpc) is 4.05. The second-order valence-electron chi connectivity index (χ2n) is 14.8. The number of hydrogen-bond acceptors (Lipinski definition) is 8. The number of aryl methyl sites for hydroxylation is 4. The maximum Gasteiger partial charge on any atom is 0.254 e. The van der Waals surface area contributed by atoms with E-state index >= 15 is 0 Å². The highest BCUT2D eigenvalue weighted by atomic mass is 32.2. The summed E-state index contributed by atoms with van der Waals surface area (Å²) in [5.74, 6) is -0.734. The number of fused-ring (bicyclic) bond motifs is 2. The van der Waals surface area contributed by atoms with Crippen molar-refractivity contribution in [2.75, 3.05) is 18.4 Å². The molecule has 0 radical (unpaired) electrons. The summed E-state index contributed by atoms with van der Waals surface area (Å²) in [6.07, 6.45) is 12.0. The van der Waals surface area contributed by atoms with Crippen LogP contribution in [0.5, 0.6) is 0 Å². The fourth-order valence-corrected chi connectivity index (χ4v) is 10.2. The number of nitrogens with one attached hydrogen (secondary N) is 2. The van der Waals surface area contributed by atoms with Gasteiger partial charge in [0.25, 0.3) is 10.0 Å². The van der Waals surface area contributed by atoms with Gasteiger partial charge >= 0.3 is 0 Å². The number of benzene rings is 4. The van der Waals surface area contributed by atoms with E-state index < -0.39 is 10.0 Å². The summed E-state index contributed by atoms with van der Waals surface area (Å²) < 4.78 is 58.3. The van der Waals surface area contributed by atoms with E-state index in [9.17, 15) is 22.0 Å². The molecule has 2 N–H and O–H groups in total. The quantitative estimate of drug-likeness (QED) is 0.137. The maximum atomic E-state index is 13.2. The molecule has 2 aliphatic rings. The van der Waals surface area contributed by atoms with Crippen molar-refractivity contribution < 1.29 is 22.0 Å². The summed E-state index contributed by atoms with van der Waals surface area (Å²) in [4.78, 5) is 23.9. The van der Waals surface area contributed by atoms with Crippen LogP contribution < -0.4 is 10.6 Å². The fraction of sp³-hybridized carbons (Fsp3) is 0.244. The van der Waals surface area contributed by atoms with Crippen molar-refractivity contribution in [2.45, 2.75) is 63.0 Å². The molecule has 0 spiro atoms. The number of aromatic nitrogens is 5. The molecule has 0 fully saturated rings. The molecule has 0 saturated carbocycles. The first-order chi connectivity index (χ1) is 29.1. The number of rotatable bonds is 11. The molecule has 15 heteroatoms. The number of anilines is 1. The zero-order valence-corrected chi connectivity index (χ0v) is 34.7. The molecule has 0 saturated heterocycles. The number of imidazole rings is 2. The molecule has 0 aliphatic carbocycles. The Kier molecular flexibility index (Phi) is 12.4. The largest absolute Gasteiger partial charge is 0.330 e. The Bertz CT molecular complexity index is 2710. The zero-order chi connectivity index (χ0) is 41.6. The minimum Gasteiger partial charge on any atom is -0.330 e. The van der Waals surface area contributed by atoms with Crippen molar-refractivity contribution in [3.63, 3.8) is 0 Å². The Balaban J connectivity index is 0.000000180. The van der Waals surface area contributed by atoms with Gasteiger partial charge in [0.2, 0.25) is 5.91 Å². The molecule has 60 heavy (non-hydrogen) atoms. The molecule has 2 aliphatic heterocycles. The first-order valence-corrected chi connectivity index (χ1v) is 22.0. The van der Waals surface area contributed by atoms with Crippen LogP contribution in [0.15, 0.2) is 120 Å². The predicted octanol–water partition coefficient (Wildman–Crippen LogP) is 7.67. The molecule has 0 unspecified atom stereocenters. The number of carbonyl (C=O) groups excluding carboxylic acids is 1. The normalized spacial score (nSPS) is 13.8. The molecule has 5 heterocycles. The Morgan fingerprint density at radius 2 is 1.32 bits per heavy atom. The van der Waals surface area contributed by atoms with Crippen LogP contribution in [0, 0.1) is 11.6 Å². The number of amides is 1. The Hall–Kier alpha value is -5.87. The highest BCUT2D eigenvalue weighted by molar-refractivity contribution is 7.91. The average molecular weight is 847 g/mol. The number of carbonyl (C=O) groups is 1. The molecule has 1 amide bonds. The summed E-state index contributed by atoms with van der Waals surface area (Å²) in [7, 11) is -3.72. The van der Waals surface area contributed by atoms with Gasteiger partial charge in [0.05, 0.1) is 42.6 Å². The van der Waals surface area contributed by atoms with Gasteiger partial charge in [-0.15, -0.1) is 0 Å². The van der Waals surface area contributed by atoms with Gasteiger partial charge in [-0.25, -0.2) is 32.2 Å². The van der Waals surface area contributed by atoms with E-state index in [1.165, 1.54) is 58.4 Å². The minimum atomic E-state index is -3.72. The van der Waals surface area contributed by atoms with E-state index in [1.807, 2.05) is 43.0 Å². The van der Waals surface area contributed by atoms with Crippen LogP contribution in [0.25, 0.3) is 22.5 Å². The van der Waals surface area contributed by atoms with Crippen molar-refractivity contribution in [2.24, 2.45) is 0 Å². The monoisotopic (exact) mass is 846 g/mol. The standard InChI is InChI=1S/C25H24FN5O3S2.C20H20FN3/c1-17(32)29-25-28-14-24(35-25)36(33,34)31-11-9-19-12-20(4-5-21(19)15-31)23-13-27-16-30(23)10-8-18-2-6-22(26)7-3-18;21-19-5-1-15(2-6-19)8-10-24-14-23-13-20(24)17-3-4-18-12-22-9-7-16(18)11-17/h2-7,12-14,16H,8-11,15H2,1H3,(H,28,29,32);1-6,11,13-14,22H,7-10,12H2. The van der Waals surface area contributed by atoms with Crippen molar-refractivity contribution in [3.8, 4) is 22.5 Å². The summed E-state index contributed by atoms with van der Waals surface area (Å²) in [5.41, 5.74) is 11.4. The van der Waals surface area contributed by atoms with Crippen LogP contribution in [-0.2, 0) is 66.7 Å². The SMILES string of the molecule is CC(=O)Nc1ncc(S(=O)(=O)N2CCc3cc(-c4cncn4CCc4ccc(F)cc4)ccc3C2)s1.Fc1ccc(CCn2cncc2-c2ccc3c(c2)CCNC3)cc1. The minimum absolute atomic E-state index is 0.108. The van der Waals surface area contributed by atoms with E-state index in [1.54, 1.807) is 18.5 Å². The molecule has 11 nitrogen and oxygen atoms in total. The van der Waals surface area contributed by atoms with Crippen LogP contribution in [-0.4, -0.2) is 55.8 Å². The molecule has 0 atom stereocenters. The summed E-state index contributed by atoms with van der Waals surface area (Å²) >= 11 is 0.948. The van der Waals surface area contributed by atoms with Gasteiger partial charge in [-0.1, -0.05) is 59.9 Å². The molecule has 7 aromatic rings. The summed E-state index contributed by atoms with van der Waals surface area (Å²) in [6, 6.07) is 26.0. The Morgan fingerprint density at radius 1 is 0.750 bits per heavy atom. The number of nitrogens with zero attached hydrogens (tertiary/aromatic N) is 6. The molecule has 3 aromatic heterocycles. The third kappa shape index (κ3) is 9.60. The van der Waals surface area contributed by atoms with Gasteiger partial charge in [-0.2, -0.15) is 4.31 Å². The van der Waals surface area contributed by atoms with Gasteiger partial charge in [-0.3, -0.25) is 4.79 Å². The fourth-order valence-electron chi connectivity index (χ4n) is 7.52. The summed E-state index contributed by atoms with van der Waals surface area (Å²) in [5, 5.41) is 6.19. The second kappa shape index (κ2) is 18.2. The van der Waals surface area contributed by atoms with Crippen molar-refractivity contribution >= 4 is 32.4 Å². The third-order valence-electron chi connectivity index (χ3n) is 10.8. The van der Waals surface area contributed by atoms with Crippen LogP contribution in [0.2, 0.25) is 0 Å². The number of hydrogen-bond donors (Lipinski definition) is 2. The lowest BCUT2D eigenvalue weighted by Crippen LogP contribution is -2.35. The number of thiazole rings is 1. The van der Waals surface area contributed by atoms with Crippen molar-refractivity contribution in [1.29, 1.82) is 0 Å². The van der Waals surface area contributed by atoms with Crippen LogP contribution in [0.4, 0.5) is 13.9 Å². The maximum absolute atomic E-state index is 13.2. The molecule has 308 valence electrons. The third-order valence-corrected chi connectivity index (χ3v) is 14.0. The van der Waals surface area contributed by atoms with E-state index in [-0.39, 0.29) is 33.4 Å². The summed E-state index contributed by atoms with van der Waals surface area (Å²) in [6.45, 7) is 5.52. The molecular weight excluding hydrogens is 803 g/mol. The van der Waals surface area contributed by atoms with Crippen molar-refractivity contribution in [3.05, 3.63) is 161 Å². The van der Waals surface area contributed by atoms with Gasteiger partial charge in [0, 0.05) is 50.8 Å². The zero-order valence-electron chi connectivity index (χ0n) is 33.0. The molecule has 0 bridgehead atoms. The van der Waals surface area contributed by atoms with Gasteiger partial charge in [0.15, 0.2) is 9.34 Å². The van der Waals surface area contributed by atoms with Crippen molar-refractivity contribution in [1.82, 2.24) is 33.7 Å². The van der Waals surface area contributed by atoms with Crippen LogP contribution in [0.3, 0.4) is 0 Å². The lowest BCUT2D eigenvalue weighted by molar-refractivity contribution is -0.114. The van der Waals surface area contributed by atoms with Gasteiger partial charge in [-0.05, 0) is 102 Å². The Labute approximate surface area is 351 Å². The highest BCUT2D eigenvalue weighted by Gasteiger charge is 2.30. The molecule has 4 aromatic carbocycles. The predicted molar refractivity (Wildman–Crippen MR) is 229 cm³/mol. The second-order valence-corrected chi connectivity index (χ2v) is 18.0. The topological polar surface area (TPSA) is 127 Å².